The van der Waals surface area contributed by atoms with Crippen molar-refractivity contribution in [3.05, 3.63) is 44.4 Å². The highest BCUT2D eigenvalue weighted by molar-refractivity contribution is 14.1. The van der Waals surface area contributed by atoms with Crippen LogP contribution < -0.4 is 5.56 Å². The summed E-state index contributed by atoms with van der Waals surface area (Å²) in [5.41, 5.74) is 0.118. The highest BCUT2D eigenvalue weighted by Crippen LogP contribution is 2.16. The molecule has 0 saturated heterocycles. The first-order valence-electron chi connectivity index (χ1n) is 5.01. The molecule has 2 nitrogen and oxygen atoms in total. The van der Waals surface area contributed by atoms with Crippen LogP contribution in [0.3, 0.4) is 0 Å². The summed E-state index contributed by atoms with van der Waals surface area (Å²) in [5.74, 6) is 0. The van der Waals surface area contributed by atoms with Gasteiger partial charge in [-0.2, -0.15) is 0 Å². The molecule has 78 valence electrons. The Morgan fingerprint density at radius 1 is 1.27 bits per heavy atom. The molecule has 1 aromatic heterocycles. The van der Waals surface area contributed by atoms with Gasteiger partial charge in [0.2, 0.25) is 0 Å². The van der Waals surface area contributed by atoms with Crippen LogP contribution in [0.15, 0.2) is 35.3 Å². The number of halogens is 1. The Balaban J connectivity index is 2.79. The molecule has 0 atom stereocenters. The number of fused-ring (bicyclic) bond motifs is 1. The molecule has 15 heavy (non-hydrogen) atoms. The van der Waals surface area contributed by atoms with Crippen LogP contribution in [0.1, 0.15) is 13.3 Å². The van der Waals surface area contributed by atoms with Crippen molar-refractivity contribution in [2.24, 2.45) is 0 Å². The van der Waals surface area contributed by atoms with Crippen molar-refractivity contribution in [1.82, 2.24) is 4.57 Å². The zero-order valence-corrected chi connectivity index (χ0v) is 10.7. The lowest BCUT2D eigenvalue weighted by Crippen LogP contribution is -2.20. The molecular formula is C12H12INO. The average Bonchev–Trinajstić information content (AvgIpc) is 2.26. The number of nitrogens with zero attached hydrogens (tertiary/aromatic N) is 1. The van der Waals surface area contributed by atoms with Crippen LogP contribution in [0.25, 0.3) is 10.8 Å². The molecule has 0 radical (unpaired) electrons. The molecule has 0 saturated carbocycles. The van der Waals surface area contributed by atoms with Crippen molar-refractivity contribution >= 4 is 33.4 Å². The van der Waals surface area contributed by atoms with Crippen LogP contribution in [-0.4, -0.2) is 4.57 Å². The number of rotatable bonds is 2. The van der Waals surface area contributed by atoms with E-state index in [9.17, 15) is 4.79 Å². The lowest BCUT2D eigenvalue weighted by atomic mass is 10.2. The van der Waals surface area contributed by atoms with E-state index in [1.54, 1.807) is 4.57 Å². The van der Waals surface area contributed by atoms with Crippen LogP contribution in [0.4, 0.5) is 0 Å². The second-order valence-electron chi connectivity index (χ2n) is 3.52. The van der Waals surface area contributed by atoms with Gasteiger partial charge in [0, 0.05) is 27.1 Å². The van der Waals surface area contributed by atoms with E-state index in [0.29, 0.717) is 0 Å². The second kappa shape index (κ2) is 4.35. The minimum atomic E-state index is 0.118. The molecule has 3 heteroatoms. The third-order valence-electron chi connectivity index (χ3n) is 2.41. The smallest absolute Gasteiger partial charge is 0.258 e. The first-order chi connectivity index (χ1) is 7.24. The topological polar surface area (TPSA) is 22.0 Å². The molecule has 0 aliphatic heterocycles. The summed E-state index contributed by atoms with van der Waals surface area (Å²) in [6.45, 7) is 2.87. The lowest BCUT2D eigenvalue weighted by molar-refractivity contribution is 0.657. The molecule has 0 fully saturated rings. The zero-order chi connectivity index (χ0) is 10.8. The molecule has 1 aromatic carbocycles. The van der Waals surface area contributed by atoms with Crippen molar-refractivity contribution < 1.29 is 0 Å². The Bertz CT molecular complexity index is 545. The van der Waals surface area contributed by atoms with Crippen molar-refractivity contribution in [3.63, 3.8) is 0 Å². The summed E-state index contributed by atoms with van der Waals surface area (Å²) in [5, 5.41) is 1.87. The van der Waals surface area contributed by atoms with Crippen molar-refractivity contribution in [3.8, 4) is 0 Å². The summed E-state index contributed by atoms with van der Waals surface area (Å²) in [4.78, 5) is 12.0. The minimum absolute atomic E-state index is 0.118. The fourth-order valence-corrected chi connectivity index (χ4v) is 2.51. The number of pyridine rings is 1. The Morgan fingerprint density at radius 3 is 2.60 bits per heavy atom. The summed E-state index contributed by atoms with van der Waals surface area (Å²) in [7, 11) is 0. The molecule has 0 bridgehead atoms. The Kier molecular flexibility index (Phi) is 3.09. The van der Waals surface area contributed by atoms with Gasteiger partial charge in [0.25, 0.3) is 5.56 Å². The SMILES string of the molecule is CCCn1cc(I)c2ccccc2c1=O. The lowest BCUT2D eigenvalue weighted by Gasteiger charge is -2.07. The third-order valence-corrected chi connectivity index (χ3v) is 3.27. The number of aryl methyl sites for hydroxylation is 1. The van der Waals surface area contributed by atoms with Gasteiger partial charge in [0.15, 0.2) is 0 Å². The highest BCUT2D eigenvalue weighted by Gasteiger charge is 2.05. The van der Waals surface area contributed by atoms with E-state index in [2.05, 4.69) is 29.5 Å². The predicted molar refractivity (Wildman–Crippen MR) is 71.2 cm³/mol. The summed E-state index contributed by atoms with van der Waals surface area (Å²) in [6, 6.07) is 7.77. The van der Waals surface area contributed by atoms with Crippen molar-refractivity contribution in [2.75, 3.05) is 0 Å². The number of aromatic nitrogens is 1. The standard InChI is InChI=1S/C12H12INO/c1-2-7-14-8-11(13)9-5-3-4-6-10(9)12(14)15/h3-6,8H,2,7H2,1H3. The fraction of sp³-hybridized carbons (Fsp3) is 0.250. The van der Waals surface area contributed by atoms with E-state index in [4.69, 9.17) is 0 Å². The van der Waals surface area contributed by atoms with Gasteiger partial charge < -0.3 is 4.57 Å². The normalized spacial score (nSPS) is 10.8. The van der Waals surface area contributed by atoms with Gasteiger partial charge in [0.05, 0.1) is 0 Å². The summed E-state index contributed by atoms with van der Waals surface area (Å²) in [6.07, 6.45) is 2.92. The van der Waals surface area contributed by atoms with Gasteiger partial charge >= 0.3 is 0 Å². The highest BCUT2D eigenvalue weighted by atomic mass is 127. The molecule has 0 N–H and O–H groups in total. The average molecular weight is 313 g/mol. The van der Waals surface area contributed by atoms with E-state index in [-0.39, 0.29) is 5.56 Å². The Morgan fingerprint density at radius 2 is 1.93 bits per heavy atom. The first kappa shape index (κ1) is 10.7. The van der Waals surface area contributed by atoms with Gasteiger partial charge in [-0.1, -0.05) is 25.1 Å². The maximum Gasteiger partial charge on any atom is 0.258 e. The second-order valence-corrected chi connectivity index (χ2v) is 4.68. The Hall–Kier alpha value is -0.840. The van der Waals surface area contributed by atoms with Crippen LogP contribution in [0, 0.1) is 3.57 Å². The largest absolute Gasteiger partial charge is 0.314 e. The van der Waals surface area contributed by atoms with Crippen LogP contribution in [-0.2, 0) is 6.54 Å². The molecule has 0 amide bonds. The summed E-state index contributed by atoms with van der Waals surface area (Å²) >= 11 is 2.28. The maximum absolute atomic E-state index is 12.0. The summed E-state index contributed by atoms with van der Waals surface area (Å²) < 4.78 is 2.93. The van der Waals surface area contributed by atoms with Gasteiger partial charge in [-0.05, 0) is 35.1 Å². The fourth-order valence-electron chi connectivity index (χ4n) is 1.70. The Labute approximate surface area is 102 Å². The molecule has 0 aliphatic carbocycles. The predicted octanol–water partition coefficient (Wildman–Crippen LogP) is 3.02. The first-order valence-corrected chi connectivity index (χ1v) is 6.09. The zero-order valence-electron chi connectivity index (χ0n) is 8.53. The molecule has 2 rings (SSSR count). The van der Waals surface area contributed by atoms with E-state index in [1.807, 2.05) is 30.5 Å². The molecule has 2 aromatic rings. The van der Waals surface area contributed by atoms with E-state index < -0.39 is 0 Å². The molecule has 0 spiro atoms. The monoisotopic (exact) mass is 313 g/mol. The van der Waals surface area contributed by atoms with Gasteiger partial charge in [-0.15, -0.1) is 0 Å². The van der Waals surface area contributed by atoms with Gasteiger partial charge in [-0.25, -0.2) is 0 Å². The van der Waals surface area contributed by atoms with E-state index in [0.717, 1.165) is 27.3 Å². The van der Waals surface area contributed by atoms with Crippen LogP contribution in [0.2, 0.25) is 0 Å². The molecule has 1 heterocycles. The minimum Gasteiger partial charge on any atom is -0.314 e. The number of hydrogen-bond donors (Lipinski definition) is 0. The number of hydrogen-bond acceptors (Lipinski definition) is 1. The van der Waals surface area contributed by atoms with Gasteiger partial charge in [0.1, 0.15) is 0 Å². The molecule has 0 unspecified atom stereocenters. The number of benzene rings is 1. The molecular weight excluding hydrogens is 301 g/mol. The van der Waals surface area contributed by atoms with Crippen LogP contribution in [0.5, 0.6) is 0 Å². The third kappa shape index (κ3) is 1.93. The van der Waals surface area contributed by atoms with Crippen molar-refractivity contribution in [2.45, 2.75) is 19.9 Å². The quantitative estimate of drug-likeness (QED) is 0.781. The van der Waals surface area contributed by atoms with Crippen molar-refractivity contribution in [1.29, 1.82) is 0 Å². The molecule has 0 aliphatic rings. The van der Waals surface area contributed by atoms with Gasteiger partial charge in [-0.3, -0.25) is 4.79 Å². The van der Waals surface area contributed by atoms with E-state index in [1.165, 1.54) is 0 Å². The maximum atomic E-state index is 12.0. The van der Waals surface area contributed by atoms with E-state index >= 15 is 0 Å². The van der Waals surface area contributed by atoms with Crippen LogP contribution >= 0.6 is 22.6 Å².